The van der Waals surface area contributed by atoms with E-state index in [1.807, 2.05) is 0 Å². The second-order valence-corrected chi connectivity index (χ2v) is 6.46. The molecule has 0 radical (unpaired) electrons. The molecule has 0 saturated heterocycles. The highest BCUT2D eigenvalue weighted by Crippen LogP contribution is 2.12. The third kappa shape index (κ3) is 17.4. The molecule has 0 bridgehead atoms. The van der Waals surface area contributed by atoms with Crippen molar-refractivity contribution in [3.63, 3.8) is 0 Å². The Morgan fingerprint density at radius 3 is 1.73 bits per heavy atom. The predicted octanol–water partition coefficient (Wildman–Crippen LogP) is 5.90. The van der Waals surface area contributed by atoms with E-state index in [1.54, 1.807) is 0 Å². The van der Waals surface area contributed by atoms with Gasteiger partial charge < -0.3 is 9.84 Å². The first-order valence-corrected chi connectivity index (χ1v) is 9.45. The maximum atomic E-state index is 10.4. The molecule has 130 valence electrons. The Morgan fingerprint density at radius 1 is 0.818 bits per heavy atom. The van der Waals surface area contributed by atoms with Gasteiger partial charge in [-0.3, -0.25) is 4.79 Å². The molecule has 0 spiro atoms. The Bertz CT molecular complexity index is 280. The molecule has 0 heterocycles. The van der Waals surface area contributed by atoms with E-state index < -0.39 is 5.97 Å². The number of ether oxygens (including phenoxy) is 1. The van der Waals surface area contributed by atoms with Crippen LogP contribution in [-0.2, 0) is 9.53 Å². The number of aliphatic carboxylic acids is 1. The van der Waals surface area contributed by atoms with Crippen molar-refractivity contribution >= 4 is 23.2 Å². The van der Waals surface area contributed by atoms with E-state index in [0.717, 1.165) is 6.42 Å². The Hall–Kier alpha value is -0.640. The molecule has 0 saturated carbocycles. The van der Waals surface area contributed by atoms with Crippen molar-refractivity contribution in [1.82, 2.24) is 0 Å². The van der Waals surface area contributed by atoms with Crippen LogP contribution in [0.5, 0.6) is 0 Å². The van der Waals surface area contributed by atoms with Gasteiger partial charge in [0.15, 0.2) is 5.05 Å². The van der Waals surface area contributed by atoms with Crippen LogP contribution in [0.25, 0.3) is 0 Å². The number of carboxylic acid groups (broad SMARTS) is 1. The van der Waals surface area contributed by atoms with Crippen LogP contribution in [0, 0.1) is 0 Å². The van der Waals surface area contributed by atoms with E-state index in [1.165, 1.54) is 70.6 Å². The summed E-state index contributed by atoms with van der Waals surface area (Å²) in [5.41, 5.74) is 0. The normalized spacial score (nSPS) is 10.6. The lowest BCUT2D eigenvalue weighted by Gasteiger charge is -2.06. The van der Waals surface area contributed by atoms with E-state index in [9.17, 15) is 4.79 Å². The van der Waals surface area contributed by atoms with Gasteiger partial charge in [0.25, 0.3) is 0 Å². The lowest BCUT2D eigenvalue weighted by Crippen LogP contribution is -2.06. The van der Waals surface area contributed by atoms with Gasteiger partial charge in [0.1, 0.15) is 0 Å². The second-order valence-electron chi connectivity index (χ2n) is 6.00. The monoisotopic (exact) mass is 330 g/mol. The van der Waals surface area contributed by atoms with Crippen molar-refractivity contribution < 1.29 is 14.6 Å². The zero-order valence-electron chi connectivity index (χ0n) is 14.3. The smallest absolute Gasteiger partial charge is 0.303 e. The summed E-state index contributed by atoms with van der Waals surface area (Å²) < 4.78 is 5.35. The minimum absolute atomic E-state index is 0.0667. The Morgan fingerprint density at radius 2 is 1.27 bits per heavy atom. The topological polar surface area (TPSA) is 46.5 Å². The van der Waals surface area contributed by atoms with Crippen LogP contribution in [-0.4, -0.2) is 22.7 Å². The van der Waals surface area contributed by atoms with Gasteiger partial charge in [-0.1, -0.05) is 77.6 Å². The van der Waals surface area contributed by atoms with Crippen molar-refractivity contribution in [2.24, 2.45) is 0 Å². The summed E-state index contributed by atoms with van der Waals surface area (Å²) in [6, 6.07) is 0. The first-order valence-electron chi connectivity index (χ1n) is 9.04. The molecular formula is C18H34O3S. The lowest BCUT2D eigenvalue weighted by atomic mass is 10.1. The summed E-state index contributed by atoms with van der Waals surface area (Å²) in [5, 5.41) is 8.97. The Labute approximate surface area is 141 Å². The zero-order chi connectivity index (χ0) is 16.5. The molecule has 0 atom stereocenters. The van der Waals surface area contributed by atoms with Crippen LogP contribution in [0.15, 0.2) is 0 Å². The SMILES string of the molecule is CCCCCCCCCCCCCCOC(=S)CCC(=O)O. The molecule has 0 aliphatic carbocycles. The molecule has 0 aliphatic heterocycles. The standard InChI is InChI=1S/C18H34O3S/c1-2-3-4-5-6-7-8-9-10-11-12-13-16-21-18(22)15-14-17(19)20/h2-16H2,1H3,(H,19,20). The highest BCUT2D eigenvalue weighted by atomic mass is 32.1. The van der Waals surface area contributed by atoms with Crippen molar-refractivity contribution in [2.75, 3.05) is 6.61 Å². The summed E-state index contributed by atoms with van der Waals surface area (Å²) in [4.78, 5) is 10.4. The van der Waals surface area contributed by atoms with E-state index in [-0.39, 0.29) is 6.42 Å². The van der Waals surface area contributed by atoms with Gasteiger partial charge in [-0.15, -0.1) is 0 Å². The fraction of sp³-hybridized carbons (Fsp3) is 0.889. The number of carbonyl (C=O) groups is 1. The molecule has 0 unspecified atom stereocenters. The first kappa shape index (κ1) is 21.4. The Balaban J connectivity index is 3.11. The number of hydrogen-bond donors (Lipinski definition) is 1. The summed E-state index contributed by atoms with van der Waals surface area (Å²) in [7, 11) is 0. The van der Waals surface area contributed by atoms with Crippen molar-refractivity contribution in [3.8, 4) is 0 Å². The van der Waals surface area contributed by atoms with Crippen LogP contribution in [0.2, 0.25) is 0 Å². The average molecular weight is 331 g/mol. The zero-order valence-corrected chi connectivity index (χ0v) is 15.1. The van der Waals surface area contributed by atoms with Crippen LogP contribution in [0.4, 0.5) is 0 Å². The summed E-state index contributed by atoms with van der Waals surface area (Å²) in [5.74, 6) is -0.823. The van der Waals surface area contributed by atoms with Gasteiger partial charge in [-0.2, -0.15) is 0 Å². The molecular weight excluding hydrogens is 296 g/mol. The number of carboxylic acids is 1. The molecule has 4 heteroatoms. The largest absolute Gasteiger partial charge is 0.487 e. The van der Waals surface area contributed by atoms with Gasteiger partial charge in [-0.25, -0.2) is 0 Å². The quantitative estimate of drug-likeness (QED) is 0.283. The third-order valence-corrected chi connectivity index (χ3v) is 4.13. The van der Waals surface area contributed by atoms with Crippen molar-refractivity contribution in [3.05, 3.63) is 0 Å². The fourth-order valence-electron chi connectivity index (χ4n) is 2.41. The molecule has 0 aliphatic rings. The number of thiocarbonyl (C=S) groups is 1. The molecule has 0 aromatic carbocycles. The van der Waals surface area contributed by atoms with Gasteiger partial charge in [0, 0.05) is 6.42 Å². The fourth-order valence-corrected chi connectivity index (χ4v) is 2.60. The number of hydrogen-bond acceptors (Lipinski definition) is 3. The first-order chi connectivity index (χ1) is 10.7. The van der Waals surface area contributed by atoms with Crippen LogP contribution in [0.1, 0.15) is 96.8 Å². The number of unbranched alkanes of at least 4 members (excludes halogenated alkanes) is 11. The maximum Gasteiger partial charge on any atom is 0.303 e. The van der Waals surface area contributed by atoms with E-state index >= 15 is 0 Å². The highest BCUT2D eigenvalue weighted by molar-refractivity contribution is 7.80. The summed E-state index contributed by atoms with van der Waals surface area (Å²) >= 11 is 4.97. The lowest BCUT2D eigenvalue weighted by molar-refractivity contribution is -0.136. The minimum atomic E-state index is -0.823. The maximum absolute atomic E-state index is 10.4. The molecule has 0 aromatic rings. The highest BCUT2D eigenvalue weighted by Gasteiger charge is 2.02. The average Bonchev–Trinajstić information content (AvgIpc) is 2.49. The predicted molar refractivity (Wildman–Crippen MR) is 96.5 cm³/mol. The molecule has 0 aromatic heterocycles. The van der Waals surface area contributed by atoms with E-state index in [0.29, 0.717) is 18.1 Å². The minimum Gasteiger partial charge on any atom is -0.487 e. The van der Waals surface area contributed by atoms with Gasteiger partial charge in [0.2, 0.25) is 0 Å². The third-order valence-electron chi connectivity index (χ3n) is 3.80. The molecule has 0 amide bonds. The molecule has 0 rings (SSSR count). The Kier molecular flexibility index (Phi) is 16.2. The molecule has 1 N–H and O–H groups in total. The molecule has 22 heavy (non-hydrogen) atoms. The summed E-state index contributed by atoms with van der Waals surface area (Å²) in [6.07, 6.45) is 16.3. The molecule has 0 fully saturated rings. The van der Waals surface area contributed by atoms with Crippen LogP contribution >= 0.6 is 12.2 Å². The van der Waals surface area contributed by atoms with Gasteiger partial charge in [0.05, 0.1) is 13.0 Å². The molecule has 3 nitrogen and oxygen atoms in total. The summed E-state index contributed by atoms with van der Waals surface area (Å²) in [6.45, 7) is 2.89. The van der Waals surface area contributed by atoms with Crippen LogP contribution < -0.4 is 0 Å². The van der Waals surface area contributed by atoms with Crippen LogP contribution in [0.3, 0.4) is 0 Å². The van der Waals surface area contributed by atoms with Crippen molar-refractivity contribution in [1.29, 1.82) is 0 Å². The van der Waals surface area contributed by atoms with E-state index in [2.05, 4.69) is 6.92 Å². The van der Waals surface area contributed by atoms with Gasteiger partial charge >= 0.3 is 5.97 Å². The van der Waals surface area contributed by atoms with Crippen molar-refractivity contribution in [2.45, 2.75) is 96.8 Å². The number of rotatable bonds is 16. The van der Waals surface area contributed by atoms with Gasteiger partial charge in [-0.05, 0) is 18.6 Å². The second kappa shape index (κ2) is 16.7. The van der Waals surface area contributed by atoms with E-state index in [4.69, 9.17) is 22.1 Å².